The SMILES string of the molecule is CC(NC(=O)[C@@H](CC(=O)Cc1ccccc1)Cc1ccccc1)C(=O)C(=O)N[C@@H](Cc1cccc2ccccc12)C(=O)CC(C)(C)C(=O)O. The highest BCUT2D eigenvalue weighted by Crippen LogP contribution is 2.25. The van der Waals surface area contributed by atoms with Gasteiger partial charge in [0.15, 0.2) is 5.78 Å². The van der Waals surface area contributed by atoms with Gasteiger partial charge in [-0.05, 0) is 54.7 Å². The van der Waals surface area contributed by atoms with E-state index in [1.807, 2.05) is 103 Å². The molecule has 1 unspecified atom stereocenters. The summed E-state index contributed by atoms with van der Waals surface area (Å²) < 4.78 is 0. The Labute approximate surface area is 286 Å². The molecule has 0 fully saturated rings. The second kappa shape index (κ2) is 16.6. The summed E-state index contributed by atoms with van der Waals surface area (Å²) in [5.41, 5.74) is 0.995. The van der Waals surface area contributed by atoms with Gasteiger partial charge in [-0.25, -0.2) is 0 Å². The zero-order valence-corrected chi connectivity index (χ0v) is 28.0. The van der Waals surface area contributed by atoms with Crippen molar-refractivity contribution in [3.8, 4) is 0 Å². The number of aliphatic carboxylic acids is 1. The van der Waals surface area contributed by atoms with Crippen LogP contribution < -0.4 is 10.6 Å². The summed E-state index contributed by atoms with van der Waals surface area (Å²) in [6.45, 7) is 4.22. The number of carbonyl (C=O) groups is 6. The van der Waals surface area contributed by atoms with Crippen molar-refractivity contribution in [2.24, 2.45) is 11.3 Å². The number of hydrogen-bond acceptors (Lipinski definition) is 6. The molecule has 0 saturated carbocycles. The average Bonchev–Trinajstić information content (AvgIpc) is 3.08. The van der Waals surface area contributed by atoms with E-state index in [0.29, 0.717) is 0 Å². The van der Waals surface area contributed by atoms with Gasteiger partial charge < -0.3 is 15.7 Å². The van der Waals surface area contributed by atoms with E-state index < -0.39 is 52.8 Å². The van der Waals surface area contributed by atoms with E-state index in [-0.39, 0.29) is 37.9 Å². The van der Waals surface area contributed by atoms with Gasteiger partial charge in [0, 0.05) is 31.6 Å². The number of carboxylic acid groups (broad SMARTS) is 1. The molecular weight excluding hydrogens is 620 g/mol. The van der Waals surface area contributed by atoms with E-state index in [1.54, 1.807) is 0 Å². The minimum atomic E-state index is -1.41. The van der Waals surface area contributed by atoms with E-state index in [2.05, 4.69) is 10.6 Å². The molecule has 0 heterocycles. The Kier molecular flexibility index (Phi) is 12.3. The van der Waals surface area contributed by atoms with Crippen molar-refractivity contribution in [2.45, 2.75) is 65.0 Å². The standard InChI is InChI=1S/C40H42N2O7/c1-26(41-37(46)31(21-27-13-6-4-7-14-27)23-32(43)22-28-15-8-5-9-16-28)36(45)38(47)42-34(35(44)25-40(2,3)39(48)49)24-30-19-12-18-29-17-10-11-20-33(29)30/h4-20,26,31,34H,21-25H2,1-3H3,(H,41,46)(H,42,47)(H,48,49)/t26?,31-,34+/m1/s1. The summed E-state index contributed by atoms with van der Waals surface area (Å²) >= 11 is 0. The Balaban J connectivity index is 1.49. The van der Waals surface area contributed by atoms with E-state index in [0.717, 1.165) is 27.5 Å². The summed E-state index contributed by atoms with van der Waals surface area (Å²) in [6.07, 6.45) is -0.0128. The zero-order valence-electron chi connectivity index (χ0n) is 28.0. The highest BCUT2D eigenvalue weighted by molar-refractivity contribution is 6.38. The number of fused-ring (bicyclic) bond motifs is 1. The average molecular weight is 663 g/mol. The van der Waals surface area contributed by atoms with Crippen molar-refractivity contribution in [1.82, 2.24) is 10.6 Å². The zero-order chi connectivity index (χ0) is 35.6. The predicted molar refractivity (Wildman–Crippen MR) is 187 cm³/mol. The Morgan fingerprint density at radius 3 is 1.96 bits per heavy atom. The molecule has 9 heteroatoms. The number of nitrogens with one attached hydrogen (secondary N) is 2. The molecular formula is C40H42N2O7. The Morgan fingerprint density at radius 1 is 0.714 bits per heavy atom. The minimum Gasteiger partial charge on any atom is -0.481 e. The molecule has 0 radical (unpaired) electrons. The largest absolute Gasteiger partial charge is 0.481 e. The van der Waals surface area contributed by atoms with Crippen LogP contribution in [0.1, 0.15) is 50.3 Å². The van der Waals surface area contributed by atoms with Gasteiger partial charge in [0.05, 0.1) is 17.5 Å². The van der Waals surface area contributed by atoms with E-state index in [9.17, 15) is 33.9 Å². The van der Waals surface area contributed by atoms with Crippen LogP contribution in [0.4, 0.5) is 0 Å². The molecule has 2 amide bonds. The first-order chi connectivity index (χ1) is 23.3. The molecule has 0 spiro atoms. The second-order valence-corrected chi connectivity index (χ2v) is 13.1. The number of carbonyl (C=O) groups excluding carboxylic acids is 5. The number of amides is 2. The molecule has 4 aromatic carbocycles. The van der Waals surface area contributed by atoms with Crippen LogP contribution in [0.25, 0.3) is 10.8 Å². The lowest BCUT2D eigenvalue weighted by molar-refractivity contribution is -0.149. The number of rotatable bonds is 17. The van der Waals surface area contributed by atoms with Crippen LogP contribution in [0, 0.1) is 11.3 Å². The molecule has 0 aliphatic heterocycles. The molecule has 0 aliphatic rings. The molecule has 3 atom stereocenters. The maximum absolute atomic E-state index is 13.5. The quantitative estimate of drug-likeness (QED) is 0.134. The molecule has 4 rings (SSSR count). The molecule has 0 saturated heterocycles. The maximum atomic E-state index is 13.5. The summed E-state index contributed by atoms with van der Waals surface area (Å²) in [7, 11) is 0. The van der Waals surface area contributed by atoms with Gasteiger partial charge in [0.2, 0.25) is 11.7 Å². The van der Waals surface area contributed by atoms with Gasteiger partial charge in [-0.1, -0.05) is 103 Å². The number of carboxylic acids is 1. The van der Waals surface area contributed by atoms with Crippen LogP contribution in [0.3, 0.4) is 0 Å². The lowest BCUT2D eigenvalue weighted by Gasteiger charge is -2.24. The molecule has 9 nitrogen and oxygen atoms in total. The first kappa shape index (κ1) is 36.4. The van der Waals surface area contributed by atoms with Gasteiger partial charge in [-0.3, -0.25) is 28.8 Å². The van der Waals surface area contributed by atoms with Crippen molar-refractivity contribution in [2.75, 3.05) is 0 Å². The number of Topliss-reactive ketones (excluding diaryl/α,β-unsaturated/α-hetero) is 3. The van der Waals surface area contributed by atoms with Crippen molar-refractivity contribution < 1.29 is 33.9 Å². The molecule has 0 bridgehead atoms. The lowest BCUT2D eigenvalue weighted by atomic mass is 9.84. The third kappa shape index (κ3) is 10.3. The highest BCUT2D eigenvalue weighted by atomic mass is 16.4. The van der Waals surface area contributed by atoms with Crippen LogP contribution in [-0.2, 0) is 48.0 Å². The van der Waals surface area contributed by atoms with E-state index in [1.165, 1.54) is 20.8 Å². The summed E-state index contributed by atoms with van der Waals surface area (Å²) in [5.74, 6) is -5.26. The van der Waals surface area contributed by atoms with Crippen molar-refractivity contribution in [3.63, 3.8) is 0 Å². The molecule has 4 aromatic rings. The summed E-state index contributed by atoms with van der Waals surface area (Å²) in [4.78, 5) is 78.6. The van der Waals surface area contributed by atoms with Crippen LogP contribution in [0.2, 0.25) is 0 Å². The van der Waals surface area contributed by atoms with Gasteiger partial charge in [0.25, 0.3) is 5.91 Å². The van der Waals surface area contributed by atoms with Gasteiger partial charge in [-0.15, -0.1) is 0 Å². The topological polar surface area (TPSA) is 147 Å². The van der Waals surface area contributed by atoms with Crippen molar-refractivity contribution in [3.05, 3.63) is 120 Å². The Morgan fingerprint density at radius 2 is 1.31 bits per heavy atom. The smallest absolute Gasteiger partial charge is 0.309 e. The van der Waals surface area contributed by atoms with Crippen molar-refractivity contribution >= 4 is 45.9 Å². The first-order valence-electron chi connectivity index (χ1n) is 16.3. The molecule has 3 N–H and O–H groups in total. The van der Waals surface area contributed by atoms with Crippen LogP contribution in [0.15, 0.2) is 103 Å². The fraction of sp³-hybridized carbons (Fsp3) is 0.300. The van der Waals surface area contributed by atoms with Crippen molar-refractivity contribution in [1.29, 1.82) is 0 Å². The van der Waals surface area contributed by atoms with E-state index in [4.69, 9.17) is 0 Å². The van der Waals surface area contributed by atoms with Crippen LogP contribution in [0.5, 0.6) is 0 Å². The van der Waals surface area contributed by atoms with E-state index >= 15 is 0 Å². The van der Waals surface area contributed by atoms with Crippen LogP contribution in [-0.4, -0.2) is 52.3 Å². The fourth-order valence-corrected chi connectivity index (χ4v) is 5.72. The molecule has 0 aromatic heterocycles. The predicted octanol–water partition coefficient (Wildman–Crippen LogP) is 5.07. The van der Waals surface area contributed by atoms with Gasteiger partial charge in [-0.2, -0.15) is 0 Å². The fourth-order valence-electron chi connectivity index (χ4n) is 5.72. The number of benzene rings is 4. The number of ketones is 3. The Bertz CT molecular complexity index is 1810. The normalized spacial score (nSPS) is 13.1. The third-order valence-corrected chi connectivity index (χ3v) is 8.58. The molecule has 49 heavy (non-hydrogen) atoms. The second-order valence-electron chi connectivity index (χ2n) is 13.1. The third-order valence-electron chi connectivity index (χ3n) is 8.58. The molecule has 0 aliphatic carbocycles. The van der Waals surface area contributed by atoms with Crippen LogP contribution >= 0.6 is 0 Å². The monoisotopic (exact) mass is 662 g/mol. The minimum absolute atomic E-state index is 0.0261. The van der Waals surface area contributed by atoms with Gasteiger partial charge in [0.1, 0.15) is 5.78 Å². The Hall–Kier alpha value is -5.44. The highest BCUT2D eigenvalue weighted by Gasteiger charge is 2.35. The molecule has 254 valence electrons. The lowest BCUT2D eigenvalue weighted by Crippen LogP contribution is -2.52. The maximum Gasteiger partial charge on any atom is 0.309 e. The number of hydrogen-bond donors (Lipinski definition) is 3. The summed E-state index contributed by atoms with van der Waals surface area (Å²) in [5, 5.41) is 16.6. The first-order valence-corrected chi connectivity index (χ1v) is 16.3. The summed E-state index contributed by atoms with van der Waals surface area (Å²) in [6, 6.07) is 29.0. The van der Waals surface area contributed by atoms with Gasteiger partial charge >= 0.3 is 5.97 Å².